The normalized spacial score (nSPS) is 19.5. The fourth-order valence-electron chi connectivity index (χ4n) is 2.60. The molecule has 1 atom stereocenters. The fourth-order valence-corrected chi connectivity index (χ4v) is 2.60. The van der Waals surface area contributed by atoms with Crippen molar-refractivity contribution < 1.29 is 10.0 Å². The first kappa shape index (κ1) is 14.8. The van der Waals surface area contributed by atoms with Gasteiger partial charge in [0.05, 0.1) is 5.92 Å². The summed E-state index contributed by atoms with van der Waals surface area (Å²) in [5.41, 5.74) is 5.48. The van der Waals surface area contributed by atoms with Gasteiger partial charge in [-0.15, -0.1) is 0 Å². The first-order chi connectivity index (χ1) is 8.69. The van der Waals surface area contributed by atoms with Crippen LogP contribution in [-0.4, -0.2) is 23.5 Å². The average molecular weight is 255 g/mol. The van der Waals surface area contributed by atoms with Crippen molar-refractivity contribution in [1.29, 1.82) is 0 Å². The van der Waals surface area contributed by atoms with Crippen LogP contribution in [0, 0.1) is 11.8 Å². The van der Waals surface area contributed by atoms with E-state index in [1.54, 1.807) is 0 Å². The monoisotopic (exact) mass is 255 g/mol. The molecule has 104 valence electrons. The van der Waals surface area contributed by atoms with Gasteiger partial charge in [-0.1, -0.05) is 44.2 Å². The molecule has 0 aromatic rings. The second-order valence-corrected chi connectivity index (χ2v) is 5.07. The predicted octanol–water partition coefficient (Wildman–Crippen LogP) is 1.85. The van der Waals surface area contributed by atoms with Gasteiger partial charge in [-0.3, -0.25) is 4.79 Å². The molecule has 1 fully saturated rings. The molecule has 0 aliphatic heterocycles. The van der Waals surface area contributed by atoms with Gasteiger partial charge in [0, 0.05) is 6.54 Å². The Labute approximate surface area is 109 Å². The van der Waals surface area contributed by atoms with Crippen LogP contribution in [0.2, 0.25) is 0 Å². The molecule has 5 nitrogen and oxygen atoms in total. The molecule has 0 aromatic carbocycles. The number of nitrogens with zero attached hydrogens (tertiary/aromatic N) is 1. The molecule has 1 amide bonds. The molecule has 18 heavy (non-hydrogen) atoms. The molecule has 5 heteroatoms. The maximum absolute atomic E-state index is 11.8. The zero-order valence-corrected chi connectivity index (χ0v) is 11.2. The highest BCUT2D eigenvalue weighted by Gasteiger charge is 2.21. The van der Waals surface area contributed by atoms with Crippen LogP contribution < -0.4 is 11.1 Å². The van der Waals surface area contributed by atoms with Crippen LogP contribution in [0.1, 0.15) is 51.9 Å². The minimum Gasteiger partial charge on any atom is -0.409 e. The minimum atomic E-state index is -0.513. The van der Waals surface area contributed by atoms with Gasteiger partial charge in [0.25, 0.3) is 0 Å². The number of carbonyl (C=O) groups is 1. The Bertz CT molecular complexity index is 286. The van der Waals surface area contributed by atoms with Crippen LogP contribution in [0.4, 0.5) is 0 Å². The Balaban J connectivity index is 2.26. The van der Waals surface area contributed by atoms with Gasteiger partial charge in [0.15, 0.2) is 5.84 Å². The van der Waals surface area contributed by atoms with Crippen molar-refractivity contribution in [2.75, 3.05) is 6.54 Å². The first-order valence-electron chi connectivity index (χ1n) is 6.94. The lowest BCUT2D eigenvalue weighted by atomic mass is 9.87. The molecule has 0 heterocycles. The van der Waals surface area contributed by atoms with Gasteiger partial charge in [0.2, 0.25) is 5.91 Å². The summed E-state index contributed by atoms with van der Waals surface area (Å²) >= 11 is 0. The Kier molecular flexibility index (Phi) is 6.54. The number of carbonyl (C=O) groups excluding carboxylic acids is 1. The van der Waals surface area contributed by atoms with Crippen molar-refractivity contribution in [2.45, 2.75) is 51.9 Å². The van der Waals surface area contributed by atoms with Crippen molar-refractivity contribution in [3.63, 3.8) is 0 Å². The molecule has 1 rings (SSSR count). The van der Waals surface area contributed by atoms with E-state index in [9.17, 15) is 4.79 Å². The van der Waals surface area contributed by atoms with E-state index in [0.29, 0.717) is 13.0 Å². The highest BCUT2D eigenvalue weighted by atomic mass is 16.4. The fraction of sp³-hybridized carbons (Fsp3) is 0.846. The second kappa shape index (κ2) is 7.95. The van der Waals surface area contributed by atoms with Gasteiger partial charge in [-0.2, -0.15) is 0 Å². The molecule has 0 saturated heterocycles. The molecule has 0 aromatic heterocycles. The summed E-state index contributed by atoms with van der Waals surface area (Å²) in [6, 6.07) is 0. The van der Waals surface area contributed by atoms with Gasteiger partial charge in [-0.25, -0.2) is 0 Å². The van der Waals surface area contributed by atoms with E-state index in [4.69, 9.17) is 10.9 Å². The topological polar surface area (TPSA) is 87.7 Å². The summed E-state index contributed by atoms with van der Waals surface area (Å²) in [5, 5.41) is 14.4. The van der Waals surface area contributed by atoms with Crippen molar-refractivity contribution >= 4 is 11.7 Å². The SMILES string of the molecule is CCC(C(=O)NCCC1CCCCC1)C(N)=NO. The highest BCUT2D eigenvalue weighted by Crippen LogP contribution is 2.25. The third kappa shape index (κ3) is 4.55. The van der Waals surface area contributed by atoms with Gasteiger partial charge in [-0.05, 0) is 18.8 Å². The molecule has 4 N–H and O–H groups in total. The summed E-state index contributed by atoms with van der Waals surface area (Å²) in [4.78, 5) is 11.8. The Morgan fingerprint density at radius 3 is 2.67 bits per heavy atom. The Hall–Kier alpha value is -1.26. The number of amides is 1. The molecular weight excluding hydrogens is 230 g/mol. The van der Waals surface area contributed by atoms with Crippen LogP contribution in [0.5, 0.6) is 0 Å². The molecular formula is C13H25N3O2. The molecule has 1 saturated carbocycles. The summed E-state index contributed by atoms with van der Waals surface area (Å²) in [6.45, 7) is 2.54. The largest absolute Gasteiger partial charge is 0.409 e. The van der Waals surface area contributed by atoms with Gasteiger partial charge < -0.3 is 16.3 Å². The van der Waals surface area contributed by atoms with Crippen molar-refractivity contribution in [3.05, 3.63) is 0 Å². The average Bonchev–Trinajstić information content (AvgIpc) is 2.40. The van der Waals surface area contributed by atoms with E-state index in [1.807, 2.05) is 6.92 Å². The standard InChI is InChI=1S/C13H25N3O2/c1-2-11(12(14)16-18)13(17)15-9-8-10-6-4-3-5-7-10/h10-11,18H,2-9H2,1H3,(H2,14,16)(H,15,17). The lowest BCUT2D eigenvalue weighted by molar-refractivity contribution is -0.123. The Morgan fingerprint density at radius 2 is 2.11 bits per heavy atom. The van der Waals surface area contributed by atoms with Crippen LogP contribution in [0.3, 0.4) is 0 Å². The maximum Gasteiger partial charge on any atom is 0.230 e. The molecule has 0 spiro atoms. The van der Waals surface area contributed by atoms with Gasteiger partial charge >= 0.3 is 0 Å². The highest BCUT2D eigenvalue weighted by molar-refractivity contribution is 6.01. The number of oxime groups is 1. The zero-order chi connectivity index (χ0) is 13.4. The van der Waals surface area contributed by atoms with E-state index >= 15 is 0 Å². The number of nitrogens with one attached hydrogen (secondary N) is 1. The van der Waals surface area contributed by atoms with Crippen molar-refractivity contribution in [1.82, 2.24) is 5.32 Å². The predicted molar refractivity (Wildman–Crippen MR) is 71.4 cm³/mol. The van der Waals surface area contributed by atoms with Crippen molar-refractivity contribution in [2.24, 2.45) is 22.7 Å². The number of hydrogen-bond acceptors (Lipinski definition) is 3. The smallest absolute Gasteiger partial charge is 0.230 e. The van der Waals surface area contributed by atoms with Crippen LogP contribution in [0.15, 0.2) is 5.16 Å². The number of nitrogens with two attached hydrogens (primary N) is 1. The van der Waals surface area contributed by atoms with E-state index < -0.39 is 5.92 Å². The quantitative estimate of drug-likeness (QED) is 0.293. The molecule has 0 radical (unpaired) electrons. The summed E-state index contributed by atoms with van der Waals surface area (Å²) in [5.74, 6) is 0.0978. The molecule has 0 bridgehead atoms. The maximum atomic E-state index is 11.8. The molecule has 1 aliphatic carbocycles. The van der Waals surface area contributed by atoms with E-state index in [0.717, 1.165) is 12.3 Å². The molecule has 1 unspecified atom stereocenters. The van der Waals surface area contributed by atoms with E-state index in [-0.39, 0.29) is 11.7 Å². The minimum absolute atomic E-state index is 0.00679. The van der Waals surface area contributed by atoms with E-state index in [1.165, 1.54) is 32.1 Å². The van der Waals surface area contributed by atoms with Crippen LogP contribution >= 0.6 is 0 Å². The zero-order valence-electron chi connectivity index (χ0n) is 11.2. The van der Waals surface area contributed by atoms with E-state index in [2.05, 4.69) is 10.5 Å². The number of rotatable bonds is 6. The number of hydrogen-bond donors (Lipinski definition) is 3. The van der Waals surface area contributed by atoms with Crippen molar-refractivity contribution in [3.8, 4) is 0 Å². The number of amidine groups is 1. The lowest BCUT2D eigenvalue weighted by Crippen LogP contribution is -2.39. The Morgan fingerprint density at radius 1 is 1.44 bits per heavy atom. The third-order valence-electron chi connectivity index (χ3n) is 3.77. The molecule has 1 aliphatic rings. The summed E-state index contributed by atoms with van der Waals surface area (Å²) in [7, 11) is 0. The first-order valence-corrected chi connectivity index (χ1v) is 6.94. The second-order valence-electron chi connectivity index (χ2n) is 5.07. The summed E-state index contributed by atoms with van der Waals surface area (Å²) in [6.07, 6.45) is 8.15. The van der Waals surface area contributed by atoms with Crippen LogP contribution in [0.25, 0.3) is 0 Å². The lowest BCUT2D eigenvalue weighted by Gasteiger charge is -2.22. The third-order valence-corrected chi connectivity index (χ3v) is 3.77. The summed E-state index contributed by atoms with van der Waals surface area (Å²) < 4.78 is 0. The van der Waals surface area contributed by atoms with Gasteiger partial charge in [0.1, 0.15) is 0 Å². The van der Waals surface area contributed by atoms with Crippen LogP contribution in [-0.2, 0) is 4.79 Å².